The lowest BCUT2D eigenvalue weighted by Gasteiger charge is -2.14. The number of hydrogen-bond acceptors (Lipinski definition) is 3. The Balaban J connectivity index is 2.01. The van der Waals surface area contributed by atoms with Crippen LogP contribution in [-0.4, -0.2) is 19.4 Å². The Morgan fingerprint density at radius 1 is 0.741 bits per heavy atom. The normalized spacial score (nSPS) is 11.6. The first-order valence-electron chi connectivity index (χ1n) is 9.43. The molecule has 0 fully saturated rings. The van der Waals surface area contributed by atoms with Crippen molar-refractivity contribution >= 4 is 27.6 Å². The maximum atomic E-state index is 4.82. The fraction of sp³-hybridized carbons (Fsp3) is 0.174. The lowest BCUT2D eigenvalue weighted by Crippen LogP contribution is -2.01. The van der Waals surface area contributed by atoms with E-state index >= 15 is 0 Å². The van der Waals surface area contributed by atoms with E-state index in [1.807, 2.05) is 12.3 Å². The van der Waals surface area contributed by atoms with Gasteiger partial charge in [-0.15, -0.1) is 0 Å². The highest BCUT2D eigenvalue weighted by atomic mass is 15.1. The summed E-state index contributed by atoms with van der Waals surface area (Å²) in [6.45, 7) is 4.41. The van der Waals surface area contributed by atoms with Crippen molar-refractivity contribution in [3.63, 3.8) is 0 Å². The number of imidazole rings is 1. The number of aromatic nitrogens is 4. The number of benzene rings is 2. The number of hydrogen-bond donors (Lipinski definition) is 0. The van der Waals surface area contributed by atoms with Crippen molar-refractivity contribution < 1.29 is 0 Å². The highest BCUT2D eigenvalue weighted by molar-refractivity contribution is 6.09. The third kappa shape index (κ3) is 2.26. The van der Waals surface area contributed by atoms with Crippen molar-refractivity contribution in [3.05, 3.63) is 72.2 Å². The maximum absolute atomic E-state index is 4.82. The highest BCUT2D eigenvalue weighted by Gasteiger charge is 2.18. The third-order valence-corrected chi connectivity index (χ3v) is 5.33. The van der Waals surface area contributed by atoms with Gasteiger partial charge < -0.3 is 0 Å². The molecule has 4 nitrogen and oxygen atoms in total. The predicted octanol–water partition coefficient (Wildman–Crippen LogP) is 5.22. The quantitative estimate of drug-likeness (QED) is 0.418. The van der Waals surface area contributed by atoms with E-state index in [1.165, 1.54) is 16.7 Å². The first-order chi connectivity index (χ1) is 13.3. The van der Waals surface area contributed by atoms with E-state index in [-0.39, 0.29) is 0 Å². The molecule has 3 heterocycles. The molecule has 5 rings (SSSR count). The Hall–Kier alpha value is -3.27. The average molecular weight is 352 g/mol. The molecule has 0 spiro atoms. The Bertz CT molecular complexity index is 1280. The molecule has 4 heteroatoms. The second-order valence-electron chi connectivity index (χ2n) is 6.73. The number of rotatable bonds is 3. The molecule has 0 unspecified atom stereocenters. The zero-order valence-corrected chi connectivity index (χ0v) is 15.5. The van der Waals surface area contributed by atoms with Crippen LogP contribution in [0.4, 0.5) is 0 Å². The summed E-state index contributed by atoms with van der Waals surface area (Å²) in [4.78, 5) is 14.2. The van der Waals surface area contributed by atoms with Gasteiger partial charge in [-0.1, -0.05) is 56.3 Å². The minimum atomic E-state index is 0.853. The summed E-state index contributed by atoms with van der Waals surface area (Å²) in [5.74, 6) is 0. The molecule has 0 saturated carbocycles. The summed E-state index contributed by atoms with van der Waals surface area (Å²) < 4.78 is 2.18. The van der Waals surface area contributed by atoms with Crippen LogP contribution in [0.1, 0.15) is 25.0 Å². The van der Waals surface area contributed by atoms with Crippen LogP contribution in [0.2, 0.25) is 0 Å². The Kier molecular flexibility index (Phi) is 3.64. The molecule has 0 aliphatic carbocycles. The molecule has 2 aromatic carbocycles. The van der Waals surface area contributed by atoms with Gasteiger partial charge in [0.1, 0.15) is 11.2 Å². The van der Waals surface area contributed by atoms with Crippen LogP contribution in [0.25, 0.3) is 38.8 Å². The van der Waals surface area contributed by atoms with E-state index in [9.17, 15) is 0 Å². The van der Waals surface area contributed by atoms with Crippen LogP contribution in [0.5, 0.6) is 0 Å². The van der Waals surface area contributed by atoms with Crippen molar-refractivity contribution in [2.75, 3.05) is 0 Å². The number of nitrogens with zero attached hydrogens (tertiary/aromatic N) is 4. The van der Waals surface area contributed by atoms with Gasteiger partial charge in [-0.25, -0.2) is 9.97 Å². The maximum Gasteiger partial charge on any atom is 0.165 e. The first-order valence-corrected chi connectivity index (χ1v) is 9.43. The molecule has 0 bridgehead atoms. The van der Waals surface area contributed by atoms with Crippen molar-refractivity contribution in [1.29, 1.82) is 0 Å². The number of aryl methyl sites for hydroxylation is 2. The summed E-state index contributed by atoms with van der Waals surface area (Å²) in [6, 6.07) is 14.9. The Morgan fingerprint density at radius 2 is 1.44 bits per heavy atom. The standard InChI is InChI=1S/C23H20N4/c1-3-15-8-7-9-16(4-2)20(15)19-14-26-22-18-11-6-5-10-17(18)21-23(27(19)22)25-13-12-24-21/h5-14H,3-4H2,1-2H3. The molecular formula is C23H20N4. The van der Waals surface area contributed by atoms with E-state index in [2.05, 4.69) is 64.6 Å². The highest BCUT2D eigenvalue weighted by Crippen LogP contribution is 2.34. The van der Waals surface area contributed by atoms with Crippen molar-refractivity contribution in [2.24, 2.45) is 0 Å². The Morgan fingerprint density at radius 3 is 2.19 bits per heavy atom. The molecule has 3 aromatic heterocycles. The SMILES string of the molecule is CCc1cccc(CC)c1-c1cnc2c3ccccc3c3nccnc3n12. The summed E-state index contributed by atoms with van der Waals surface area (Å²) in [5, 5.41) is 2.19. The van der Waals surface area contributed by atoms with Crippen LogP contribution >= 0.6 is 0 Å². The average Bonchev–Trinajstić information content (AvgIpc) is 3.18. The molecule has 27 heavy (non-hydrogen) atoms. The van der Waals surface area contributed by atoms with Gasteiger partial charge in [-0.05, 0) is 24.0 Å². The Labute approximate surface area is 157 Å². The molecule has 132 valence electrons. The monoisotopic (exact) mass is 352 g/mol. The van der Waals surface area contributed by atoms with Gasteiger partial charge in [0.25, 0.3) is 0 Å². The van der Waals surface area contributed by atoms with Gasteiger partial charge in [-0.3, -0.25) is 9.38 Å². The minimum Gasteiger partial charge on any atom is -0.274 e. The molecule has 0 saturated heterocycles. The minimum absolute atomic E-state index is 0.853. The predicted molar refractivity (Wildman–Crippen MR) is 110 cm³/mol. The summed E-state index contributed by atoms with van der Waals surface area (Å²) in [6.07, 6.45) is 7.46. The van der Waals surface area contributed by atoms with E-state index in [0.29, 0.717) is 0 Å². The van der Waals surface area contributed by atoms with E-state index < -0.39 is 0 Å². The zero-order chi connectivity index (χ0) is 18.4. The van der Waals surface area contributed by atoms with Crippen LogP contribution in [0.15, 0.2) is 61.1 Å². The van der Waals surface area contributed by atoms with Crippen LogP contribution < -0.4 is 0 Å². The van der Waals surface area contributed by atoms with Crippen LogP contribution in [0.3, 0.4) is 0 Å². The van der Waals surface area contributed by atoms with Crippen molar-refractivity contribution in [3.8, 4) is 11.3 Å². The first kappa shape index (κ1) is 15.9. The van der Waals surface area contributed by atoms with Crippen molar-refractivity contribution in [2.45, 2.75) is 26.7 Å². The second kappa shape index (κ2) is 6.16. The summed E-state index contributed by atoms with van der Waals surface area (Å²) >= 11 is 0. The van der Waals surface area contributed by atoms with Gasteiger partial charge in [0.15, 0.2) is 5.65 Å². The van der Waals surface area contributed by atoms with E-state index in [1.54, 1.807) is 12.4 Å². The smallest absolute Gasteiger partial charge is 0.165 e. The molecule has 0 atom stereocenters. The van der Waals surface area contributed by atoms with Gasteiger partial charge in [-0.2, -0.15) is 0 Å². The lowest BCUT2D eigenvalue weighted by atomic mass is 9.95. The van der Waals surface area contributed by atoms with Crippen LogP contribution in [-0.2, 0) is 12.8 Å². The van der Waals surface area contributed by atoms with Gasteiger partial charge in [0.05, 0.1) is 11.9 Å². The largest absolute Gasteiger partial charge is 0.274 e. The molecular weight excluding hydrogens is 332 g/mol. The van der Waals surface area contributed by atoms with Crippen LogP contribution in [0, 0.1) is 0 Å². The molecule has 0 aliphatic heterocycles. The fourth-order valence-corrected chi connectivity index (χ4v) is 4.07. The number of pyridine rings is 1. The molecule has 5 aromatic rings. The fourth-order valence-electron chi connectivity index (χ4n) is 4.07. The topological polar surface area (TPSA) is 43.1 Å². The number of fused-ring (bicyclic) bond motifs is 6. The molecule has 0 aliphatic rings. The third-order valence-electron chi connectivity index (χ3n) is 5.33. The van der Waals surface area contributed by atoms with E-state index in [0.717, 1.165) is 46.1 Å². The van der Waals surface area contributed by atoms with Crippen molar-refractivity contribution in [1.82, 2.24) is 19.4 Å². The zero-order valence-electron chi connectivity index (χ0n) is 15.5. The van der Waals surface area contributed by atoms with Gasteiger partial charge >= 0.3 is 0 Å². The second-order valence-corrected chi connectivity index (χ2v) is 6.73. The molecule has 0 N–H and O–H groups in total. The van der Waals surface area contributed by atoms with Gasteiger partial charge in [0.2, 0.25) is 0 Å². The molecule has 0 radical (unpaired) electrons. The van der Waals surface area contributed by atoms with Gasteiger partial charge in [0, 0.05) is 28.7 Å². The summed E-state index contributed by atoms with van der Waals surface area (Å²) in [7, 11) is 0. The van der Waals surface area contributed by atoms with E-state index in [4.69, 9.17) is 4.98 Å². The lowest BCUT2D eigenvalue weighted by molar-refractivity contribution is 1.08. The summed E-state index contributed by atoms with van der Waals surface area (Å²) in [5.41, 5.74) is 7.73. The molecule has 0 amide bonds.